The Morgan fingerprint density at radius 1 is 0.773 bits per heavy atom. The van der Waals surface area contributed by atoms with Gasteiger partial charge in [0.25, 0.3) is 0 Å². The minimum Gasteiger partial charge on any atom is -0.458 e. The zero-order valence-electron chi connectivity index (χ0n) is 11.4. The van der Waals surface area contributed by atoms with Gasteiger partial charge in [-0.3, -0.25) is 0 Å². The number of hydrogen-bond donors (Lipinski definition) is 0. The summed E-state index contributed by atoms with van der Waals surface area (Å²) in [6.07, 6.45) is 0. The van der Waals surface area contributed by atoms with Crippen molar-refractivity contribution in [3.63, 3.8) is 0 Å². The van der Waals surface area contributed by atoms with E-state index in [0.29, 0.717) is 21.2 Å². The summed E-state index contributed by atoms with van der Waals surface area (Å²) in [5, 5.41) is 0.892. The van der Waals surface area contributed by atoms with Gasteiger partial charge in [-0.05, 0) is 36.4 Å². The zero-order valence-corrected chi connectivity index (χ0v) is 12.9. The first kappa shape index (κ1) is 16.3. The van der Waals surface area contributed by atoms with Gasteiger partial charge in [0.05, 0.1) is 11.1 Å². The van der Waals surface area contributed by atoms with E-state index in [-0.39, 0.29) is 13.2 Å². The molecule has 0 unspecified atom stereocenters. The second-order valence-corrected chi connectivity index (χ2v) is 5.17. The molecule has 22 heavy (non-hydrogen) atoms. The first-order valence-corrected chi connectivity index (χ1v) is 7.17. The Kier molecular flexibility index (Phi) is 5.81. The largest absolute Gasteiger partial charge is 0.458 e. The minimum atomic E-state index is -0.527. The van der Waals surface area contributed by atoms with Gasteiger partial charge in [0, 0.05) is 10.0 Å². The van der Waals surface area contributed by atoms with Crippen LogP contribution in [0.15, 0.2) is 48.5 Å². The van der Waals surface area contributed by atoms with E-state index in [2.05, 4.69) is 0 Å². The van der Waals surface area contributed by atoms with Crippen LogP contribution < -0.4 is 0 Å². The first-order chi connectivity index (χ1) is 10.6. The third kappa shape index (κ3) is 4.76. The Hall–Kier alpha value is -2.04. The van der Waals surface area contributed by atoms with E-state index in [1.54, 1.807) is 36.4 Å². The summed E-state index contributed by atoms with van der Waals surface area (Å²) in [6.45, 7) is -0.0880. The van der Waals surface area contributed by atoms with E-state index in [1.165, 1.54) is 12.1 Å². The van der Waals surface area contributed by atoms with E-state index in [9.17, 15) is 9.59 Å². The van der Waals surface area contributed by atoms with Crippen molar-refractivity contribution in [3.8, 4) is 0 Å². The van der Waals surface area contributed by atoms with Crippen LogP contribution in [0.1, 0.15) is 20.7 Å². The molecule has 2 rings (SSSR count). The number of hydrogen-bond acceptors (Lipinski definition) is 4. The van der Waals surface area contributed by atoms with Crippen LogP contribution in [0.3, 0.4) is 0 Å². The van der Waals surface area contributed by atoms with Crippen molar-refractivity contribution in [2.45, 2.75) is 0 Å². The molecule has 0 atom stereocenters. The Labute approximate surface area is 137 Å². The Morgan fingerprint density at radius 2 is 1.18 bits per heavy atom. The lowest BCUT2D eigenvalue weighted by Crippen LogP contribution is -2.14. The van der Waals surface area contributed by atoms with Crippen LogP contribution in [0.5, 0.6) is 0 Å². The number of benzene rings is 2. The lowest BCUT2D eigenvalue weighted by Gasteiger charge is -2.07. The van der Waals surface area contributed by atoms with Gasteiger partial charge in [0.15, 0.2) is 0 Å². The highest BCUT2D eigenvalue weighted by molar-refractivity contribution is 6.31. The highest BCUT2D eigenvalue weighted by atomic mass is 35.5. The minimum absolute atomic E-state index is 0.0440. The second-order valence-electron chi connectivity index (χ2n) is 4.29. The highest BCUT2D eigenvalue weighted by Crippen LogP contribution is 2.12. The molecule has 0 amide bonds. The summed E-state index contributed by atoms with van der Waals surface area (Å²) in [7, 11) is 0. The van der Waals surface area contributed by atoms with Crippen molar-refractivity contribution in [2.75, 3.05) is 13.2 Å². The Balaban J connectivity index is 1.77. The summed E-state index contributed by atoms with van der Waals surface area (Å²) in [5.41, 5.74) is 0.683. The van der Waals surface area contributed by atoms with Crippen LogP contribution in [0, 0.1) is 0 Å². The van der Waals surface area contributed by atoms with Gasteiger partial charge in [-0.15, -0.1) is 0 Å². The summed E-state index contributed by atoms with van der Waals surface area (Å²) < 4.78 is 9.98. The molecule has 114 valence electrons. The Morgan fingerprint density at radius 3 is 1.55 bits per heavy atom. The lowest BCUT2D eigenvalue weighted by atomic mass is 10.2. The van der Waals surface area contributed by atoms with Gasteiger partial charge < -0.3 is 9.47 Å². The monoisotopic (exact) mass is 338 g/mol. The molecule has 4 nitrogen and oxygen atoms in total. The highest BCUT2D eigenvalue weighted by Gasteiger charge is 2.10. The number of rotatable bonds is 5. The average Bonchev–Trinajstić information content (AvgIpc) is 2.51. The first-order valence-electron chi connectivity index (χ1n) is 6.41. The molecule has 0 bridgehead atoms. The molecular weight excluding hydrogens is 327 g/mol. The third-order valence-electron chi connectivity index (χ3n) is 2.67. The van der Waals surface area contributed by atoms with Gasteiger partial charge in [0.2, 0.25) is 0 Å². The second kappa shape index (κ2) is 7.82. The molecule has 0 aliphatic heterocycles. The van der Waals surface area contributed by atoms with Crippen molar-refractivity contribution in [1.29, 1.82) is 0 Å². The molecule has 2 aromatic carbocycles. The number of ether oxygens (including phenoxy) is 2. The fourth-order valence-electron chi connectivity index (χ4n) is 1.67. The van der Waals surface area contributed by atoms with E-state index in [0.717, 1.165) is 0 Å². The van der Waals surface area contributed by atoms with Crippen molar-refractivity contribution in [2.24, 2.45) is 0 Å². The molecule has 2 aromatic rings. The van der Waals surface area contributed by atoms with Crippen LogP contribution in [0.25, 0.3) is 0 Å². The summed E-state index contributed by atoms with van der Waals surface area (Å²) in [6, 6.07) is 12.8. The fraction of sp³-hybridized carbons (Fsp3) is 0.125. The quantitative estimate of drug-likeness (QED) is 0.610. The van der Waals surface area contributed by atoms with Crippen LogP contribution >= 0.6 is 23.2 Å². The van der Waals surface area contributed by atoms with Crippen molar-refractivity contribution < 1.29 is 19.1 Å². The van der Waals surface area contributed by atoms with Crippen LogP contribution in [-0.4, -0.2) is 25.2 Å². The van der Waals surface area contributed by atoms with Gasteiger partial charge in [-0.1, -0.05) is 35.3 Å². The van der Waals surface area contributed by atoms with Crippen LogP contribution in [0.2, 0.25) is 10.0 Å². The molecule has 0 N–H and O–H groups in total. The molecule has 0 fully saturated rings. The summed E-state index contributed by atoms with van der Waals surface area (Å²) in [4.78, 5) is 23.4. The topological polar surface area (TPSA) is 52.6 Å². The molecule has 0 spiro atoms. The predicted molar refractivity (Wildman–Crippen MR) is 83.5 cm³/mol. The van der Waals surface area contributed by atoms with Gasteiger partial charge in [0.1, 0.15) is 13.2 Å². The molecule has 0 saturated carbocycles. The molecule has 0 saturated heterocycles. The summed E-state index contributed by atoms with van der Waals surface area (Å²) in [5.74, 6) is -1.05. The number of carbonyl (C=O) groups excluding carboxylic acids is 2. The molecule has 0 aliphatic rings. The maximum absolute atomic E-state index is 11.7. The zero-order chi connectivity index (χ0) is 15.9. The number of carbonyl (C=O) groups is 2. The molecular formula is C16H12Cl2O4. The van der Waals surface area contributed by atoms with Crippen molar-refractivity contribution in [1.82, 2.24) is 0 Å². The maximum Gasteiger partial charge on any atom is 0.338 e. The Bertz CT molecular complexity index is 626. The van der Waals surface area contributed by atoms with Gasteiger partial charge in [-0.2, -0.15) is 0 Å². The third-order valence-corrected chi connectivity index (χ3v) is 3.14. The molecule has 6 heteroatoms. The SMILES string of the molecule is O=C(OCCOC(=O)c1cccc(Cl)c1)c1cccc(Cl)c1. The van der Waals surface area contributed by atoms with Crippen LogP contribution in [-0.2, 0) is 9.47 Å². The van der Waals surface area contributed by atoms with Crippen molar-refractivity contribution >= 4 is 35.1 Å². The predicted octanol–water partition coefficient (Wildman–Crippen LogP) is 4.01. The van der Waals surface area contributed by atoms with E-state index in [4.69, 9.17) is 32.7 Å². The van der Waals surface area contributed by atoms with E-state index >= 15 is 0 Å². The molecule has 0 aromatic heterocycles. The van der Waals surface area contributed by atoms with Gasteiger partial charge in [-0.25, -0.2) is 9.59 Å². The number of esters is 2. The fourth-order valence-corrected chi connectivity index (χ4v) is 2.05. The smallest absolute Gasteiger partial charge is 0.338 e. The van der Waals surface area contributed by atoms with Crippen LogP contribution in [0.4, 0.5) is 0 Å². The van der Waals surface area contributed by atoms with E-state index in [1.807, 2.05) is 0 Å². The summed E-state index contributed by atoms with van der Waals surface area (Å²) >= 11 is 11.6. The normalized spacial score (nSPS) is 10.1. The molecule has 0 heterocycles. The average molecular weight is 339 g/mol. The van der Waals surface area contributed by atoms with E-state index < -0.39 is 11.9 Å². The maximum atomic E-state index is 11.7. The lowest BCUT2D eigenvalue weighted by molar-refractivity contribution is 0.0265. The standard InChI is InChI=1S/C16H12Cl2O4/c17-13-5-1-3-11(9-13)15(19)21-7-8-22-16(20)12-4-2-6-14(18)10-12/h1-6,9-10H,7-8H2. The van der Waals surface area contributed by atoms with Gasteiger partial charge >= 0.3 is 11.9 Å². The molecule has 0 radical (unpaired) electrons. The van der Waals surface area contributed by atoms with Crippen molar-refractivity contribution in [3.05, 3.63) is 69.7 Å². The molecule has 0 aliphatic carbocycles. The number of halogens is 2.